The molecule has 4 rings (SSSR count). The van der Waals surface area contributed by atoms with Gasteiger partial charge in [0.05, 0.1) is 16.3 Å². The molecule has 0 bridgehead atoms. The van der Waals surface area contributed by atoms with Crippen LogP contribution in [0.2, 0.25) is 0 Å². The minimum absolute atomic E-state index is 0.0101. The molecular formula is C18H24O6S. The molecule has 2 saturated carbocycles. The van der Waals surface area contributed by atoms with Crippen molar-refractivity contribution in [2.45, 2.75) is 57.1 Å². The Morgan fingerprint density at radius 2 is 2.16 bits per heavy atom. The SMILES string of the molecule is [2H]c1cc2c(c([2H])c1OS(=O)(=O)O)CC[C@@H]1[C@@H]2CC[C@@]2(C)[C@H]1C[C@@H](O)[C@]2([2H])O. The summed E-state index contributed by atoms with van der Waals surface area (Å²) < 4.78 is 60.2. The highest BCUT2D eigenvalue weighted by atomic mass is 32.3. The third kappa shape index (κ3) is 2.77. The highest BCUT2D eigenvalue weighted by molar-refractivity contribution is 7.81. The highest BCUT2D eigenvalue weighted by Gasteiger charge is 2.57. The molecule has 6 nitrogen and oxygen atoms in total. The molecule has 25 heavy (non-hydrogen) atoms. The van der Waals surface area contributed by atoms with Crippen molar-refractivity contribution in [2.75, 3.05) is 0 Å². The zero-order chi connectivity index (χ0) is 20.6. The monoisotopic (exact) mass is 371 g/mol. The number of fused-ring (bicyclic) bond motifs is 5. The average molecular weight is 371 g/mol. The van der Waals surface area contributed by atoms with Gasteiger partial charge in [-0.2, -0.15) is 8.42 Å². The largest absolute Gasteiger partial charge is 0.446 e. The van der Waals surface area contributed by atoms with Gasteiger partial charge >= 0.3 is 10.4 Å². The van der Waals surface area contributed by atoms with E-state index >= 15 is 0 Å². The molecule has 0 heterocycles. The summed E-state index contributed by atoms with van der Waals surface area (Å²) in [6.45, 7) is 1.86. The van der Waals surface area contributed by atoms with Crippen LogP contribution in [-0.4, -0.2) is 35.4 Å². The lowest BCUT2D eigenvalue weighted by Gasteiger charge is -2.49. The number of aliphatic hydroxyl groups excluding tert-OH is 1. The molecule has 1 aromatic carbocycles. The Hall–Kier alpha value is -1.15. The van der Waals surface area contributed by atoms with Gasteiger partial charge < -0.3 is 14.4 Å². The lowest BCUT2D eigenvalue weighted by Crippen LogP contribution is -2.44. The first-order valence-corrected chi connectivity index (χ1v) is 9.93. The minimum Gasteiger partial charge on any atom is -0.390 e. The summed E-state index contributed by atoms with van der Waals surface area (Å²) in [5.41, 5.74) is 0.692. The standard InChI is InChI=1S/C18H24O6S/c1-18-7-6-13-12-5-3-11(24-25(21,22)23)8-10(12)2-4-14(13)15(18)9-16(19)17(18)20/h3,5,8,13-17,19-20H,2,4,6-7,9H2,1H3,(H,21,22,23)/t13-,14-,15+,16-,17+,18+/m1/s1/i3D,8D,17D. The summed E-state index contributed by atoms with van der Waals surface area (Å²) >= 11 is 0. The number of rotatable bonds is 2. The van der Waals surface area contributed by atoms with Crippen molar-refractivity contribution < 1.29 is 31.5 Å². The molecule has 6 atom stereocenters. The molecule has 138 valence electrons. The van der Waals surface area contributed by atoms with Crippen LogP contribution in [0.4, 0.5) is 0 Å². The van der Waals surface area contributed by atoms with Crippen molar-refractivity contribution >= 4 is 10.4 Å². The van der Waals surface area contributed by atoms with E-state index in [0.29, 0.717) is 37.7 Å². The maximum absolute atomic E-state index is 11.1. The number of hydrogen-bond donors (Lipinski definition) is 3. The fraction of sp³-hybridized carbons (Fsp3) is 0.667. The third-order valence-electron chi connectivity index (χ3n) is 6.49. The summed E-state index contributed by atoms with van der Waals surface area (Å²) in [6.07, 6.45) is -0.317. The molecule has 3 N–H and O–H groups in total. The van der Waals surface area contributed by atoms with E-state index in [9.17, 15) is 18.6 Å². The number of hydrogen-bond acceptors (Lipinski definition) is 5. The molecule has 3 aliphatic carbocycles. The van der Waals surface area contributed by atoms with E-state index < -0.39 is 33.7 Å². The van der Waals surface area contributed by atoms with Crippen molar-refractivity contribution in [1.82, 2.24) is 0 Å². The van der Waals surface area contributed by atoms with Gasteiger partial charge in [-0.3, -0.25) is 4.55 Å². The summed E-state index contributed by atoms with van der Waals surface area (Å²) in [7, 11) is -4.83. The fourth-order valence-corrected chi connectivity index (χ4v) is 5.66. The van der Waals surface area contributed by atoms with Crippen LogP contribution in [0, 0.1) is 17.3 Å². The Labute approximate surface area is 152 Å². The normalized spacial score (nSPS) is 44.7. The summed E-state index contributed by atoms with van der Waals surface area (Å²) in [5, 5.41) is 20.9. The van der Waals surface area contributed by atoms with Crippen molar-refractivity contribution in [1.29, 1.82) is 0 Å². The molecule has 1 aromatic rings. The predicted molar refractivity (Wildman–Crippen MR) is 90.6 cm³/mol. The van der Waals surface area contributed by atoms with Crippen LogP contribution in [-0.2, 0) is 16.8 Å². The second kappa shape index (κ2) is 5.67. The molecule has 0 unspecified atom stereocenters. The fourth-order valence-electron chi connectivity index (χ4n) is 5.36. The smallest absolute Gasteiger partial charge is 0.390 e. The van der Waals surface area contributed by atoms with Gasteiger partial charge in [0.15, 0.2) is 0 Å². The van der Waals surface area contributed by atoms with E-state index in [1.807, 2.05) is 6.92 Å². The summed E-state index contributed by atoms with van der Waals surface area (Å²) in [5.74, 6) is -0.408. The predicted octanol–water partition coefficient (Wildman–Crippen LogP) is 2.06. The second-order valence-electron chi connectivity index (χ2n) is 7.70. The van der Waals surface area contributed by atoms with Crippen molar-refractivity contribution in [3.63, 3.8) is 0 Å². The minimum atomic E-state index is -4.83. The van der Waals surface area contributed by atoms with E-state index in [2.05, 4.69) is 4.18 Å². The first kappa shape index (κ1) is 14.0. The molecule has 2 fully saturated rings. The Morgan fingerprint density at radius 1 is 1.40 bits per heavy atom. The average Bonchev–Trinajstić information content (AvgIpc) is 2.77. The van der Waals surface area contributed by atoms with Crippen LogP contribution < -0.4 is 4.18 Å². The highest BCUT2D eigenvalue weighted by Crippen LogP contribution is 2.60. The molecule has 0 spiro atoms. The lowest BCUT2D eigenvalue weighted by atomic mass is 9.55. The first-order chi connectivity index (χ1) is 12.9. The molecule has 0 radical (unpaired) electrons. The molecular weight excluding hydrogens is 344 g/mol. The zero-order valence-electron chi connectivity index (χ0n) is 16.9. The van der Waals surface area contributed by atoms with Gasteiger partial charge in [0.2, 0.25) is 0 Å². The lowest BCUT2D eigenvalue weighted by molar-refractivity contribution is -0.0505. The molecule has 0 aromatic heterocycles. The van der Waals surface area contributed by atoms with Gasteiger partial charge in [0.25, 0.3) is 0 Å². The molecule has 3 aliphatic rings. The van der Waals surface area contributed by atoms with Crippen LogP contribution >= 0.6 is 0 Å². The number of benzene rings is 1. The van der Waals surface area contributed by atoms with Gasteiger partial charge in [-0.15, -0.1) is 0 Å². The van der Waals surface area contributed by atoms with Crippen LogP contribution in [0.5, 0.6) is 5.75 Å². The van der Waals surface area contributed by atoms with E-state index in [-0.39, 0.29) is 29.8 Å². The maximum atomic E-state index is 11.1. The van der Waals surface area contributed by atoms with Gasteiger partial charge in [-0.1, -0.05) is 13.0 Å². The van der Waals surface area contributed by atoms with E-state index in [1.165, 1.54) is 6.07 Å². The van der Waals surface area contributed by atoms with Crippen LogP contribution in [0.15, 0.2) is 18.2 Å². The summed E-state index contributed by atoms with van der Waals surface area (Å²) in [4.78, 5) is 0. The number of aliphatic hydroxyl groups is 2. The Bertz CT molecular complexity index is 934. The van der Waals surface area contributed by atoms with Gasteiger partial charge in [-0.25, -0.2) is 0 Å². The Balaban J connectivity index is 1.74. The zero-order valence-corrected chi connectivity index (χ0v) is 14.7. The third-order valence-corrected chi connectivity index (χ3v) is 6.87. The van der Waals surface area contributed by atoms with E-state index in [0.717, 1.165) is 5.56 Å². The summed E-state index contributed by atoms with van der Waals surface area (Å²) in [6, 6.07) is 1.03. The Kier molecular flexibility index (Phi) is 3.17. The van der Waals surface area contributed by atoms with Gasteiger partial charge in [0.1, 0.15) is 5.75 Å². The second-order valence-corrected chi connectivity index (χ2v) is 8.72. The van der Waals surface area contributed by atoms with E-state index in [1.54, 1.807) is 0 Å². The Morgan fingerprint density at radius 3 is 2.88 bits per heavy atom. The molecule has 0 aliphatic heterocycles. The van der Waals surface area contributed by atoms with E-state index in [4.69, 9.17) is 8.67 Å². The van der Waals surface area contributed by atoms with Gasteiger partial charge in [0, 0.05) is 0 Å². The molecule has 0 saturated heterocycles. The van der Waals surface area contributed by atoms with Crippen LogP contribution in [0.25, 0.3) is 0 Å². The van der Waals surface area contributed by atoms with Gasteiger partial charge in [-0.05, 0) is 78.5 Å². The first-order valence-electron chi connectivity index (χ1n) is 10.1. The maximum Gasteiger partial charge on any atom is 0.446 e. The molecule has 0 amide bonds. The van der Waals surface area contributed by atoms with Crippen molar-refractivity contribution in [3.8, 4) is 5.75 Å². The van der Waals surface area contributed by atoms with Crippen LogP contribution in [0.3, 0.4) is 0 Å². The quantitative estimate of drug-likeness (QED) is 0.688. The molecule has 7 heteroatoms. The van der Waals surface area contributed by atoms with Crippen molar-refractivity contribution in [2.24, 2.45) is 17.3 Å². The topological polar surface area (TPSA) is 104 Å². The van der Waals surface area contributed by atoms with Crippen LogP contribution in [0.1, 0.15) is 53.8 Å². The van der Waals surface area contributed by atoms with Crippen molar-refractivity contribution in [3.05, 3.63) is 29.3 Å².